The highest BCUT2D eigenvalue weighted by molar-refractivity contribution is 14.1. The van der Waals surface area contributed by atoms with Crippen molar-refractivity contribution in [1.82, 2.24) is 0 Å². The van der Waals surface area contributed by atoms with Gasteiger partial charge < -0.3 is 5.73 Å². The van der Waals surface area contributed by atoms with Crippen LogP contribution >= 0.6 is 136 Å². The van der Waals surface area contributed by atoms with E-state index in [1.807, 2.05) is 6.07 Å². The molecule has 0 aliphatic rings. The van der Waals surface area contributed by atoms with Crippen molar-refractivity contribution in [2.75, 3.05) is 0 Å². The summed E-state index contributed by atoms with van der Waals surface area (Å²) < 4.78 is 6.51. The maximum Gasteiger partial charge on any atom is 0.250 e. The fourth-order valence-corrected chi connectivity index (χ4v) is 10.4. The predicted octanol–water partition coefficient (Wildman–Crippen LogP) is 6.08. The molecule has 2 aromatic carbocycles. The zero-order valence-corrected chi connectivity index (χ0v) is 22.9. The van der Waals surface area contributed by atoms with Crippen molar-refractivity contribution in [3.05, 3.63) is 45.2 Å². The van der Waals surface area contributed by atoms with Gasteiger partial charge in [0.05, 0.1) is 5.56 Å². The summed E-state index contributed by atoms with van der Waals surface area (Å²) in [7, 11) is 0. The van der Waals surface area contributed by atoms with E-state index in [9.17, 15) is 4.79 Å². The molecule has 0 aliphatic heterocycles. The Morgan fingerprint density at radius 1 is 0.762 bits per heavy atom. The molecule has 0 bridgehead atoms. The number of benzene rings is 2. The van der Waals surface area contributed by atoms with E-state index >= 15 is 0 Å². The van der Waals surface area contributed by atoms with Gasteiger partial charge in [0.25, 0.3) is 5.91 Å². The zero-order chi connectivity index (χ0) is 15.9. The van der Waals surface area contributed by atoms with Crippen molar-refractivity contribution >= 4 is 141 Å². The first kappa shape index (κ1) is 19.6. The minimum atomic E-state index is -0.378. The van der Waals surface area contributed by atoms with Gasteiger partial charge in [-0.15, -0.1) is 0 Å². The van der Waals surface area contributed by atoms with Gasteiger partial charge in [0.2, 0.25) is 0 Å². The molecule has 2 rings (SSSR count). The molecule has 0 spiro atoms. The van der Waals surface area contributed by atoms with Crippen LogP contribution in [0.4, 0.5) is 0 Å². The largest absolute Gasteiger partial charge is 0.366 e. The molecule has 0 aromatic heterocycles. The standard InChI is InChI=1S/C13H5I6NO/c14-4-1-5(15)9(6(16)2-4)10-7(17)3-8(18)11(12(10)19)13(20)21/h1-3H,(H2,20,21). The molecule has 0 atom stereocenters. The maximum atomic E-state index is 11.8. The second kappa shape index (κ2) is 8.11. The molecule has 2 aromatic rings. The van der Waals surface area contributed by atoms with Gasteiger partial charge in [-0.2, -0.15) is 0 Å². The van der Waals surface area contributed by atoms with Gasteiger partial charge in [-0.1, -0.05) is 0 Å². The van der Waals surface area contributed by atoms with E-state index in [-0.39, 0.29) is 5.91 Å². The molecule has 21 heavy (non-hydrogen) atoms. The topological polar surface area (TPSA) is 43.1 Å². The van der Waals surface area contributed by atoms with Crippen LogP contribution in [-0.4, -0.2) is 5.91 Å². The lowest BCUT2D eigenvalue weighted by Crippen LogP contribution is -2.16. The fraction of sp³-hybridized carbons (Fsp3) is 0. The molecule has 0 radical (unpaired) electrons. The highest BCUT2D eigenvalue weighted by Crippen LogP contribution is 2.40. The summed E-state index contributed by atoms with van der Waals surface area (Å²) in [4.78, 5) is 11.8. The van der Waals surface area contributed by atoms with Gasteiger partial charge in [0, 0.05) is 32.5 Å². The summed E-state index contributed by atoms with van der Waals surface area (Å²) >= 11 is 13.8. The third-order valence-corrected chi connectivity index (χ3v) is 7.78. The quantitative estimate of drug-likeness (QED) is 0.365. The minimum Gasteiger partial charge on any atom is -0.366 e. The van der Waals surface area contributed by atoms with Crippen molar-refractivity contribution in [3.63, 3.8) is 0 Å². The molecular weight excluding hydrogens is 948 g/mol. The molecule has 0 fully saturated rings. The number of hydrogen-bond acceptors (Lipinski definition) is 1. The molecule has 2 N–H and O–H groups in total. The average molecular weight is 953 g/mol. The average Bonchev–Trinajstić information content (AvgIpc) is 2.30. The normalized spacial score (nSPS) is 10.8. The third-order valence-electron chi connectivity index (χ3n) is 2.67. The first-order valence-electron chi connectivity index (χ1n) is 5.36. The van der Waals surface area contributed by atoms with Crippen LogP contribution in [0.2, 0.25) is 0 Å². The van der Waals surface area contributed by atoms with Crippen LogP contribution in [0.25, 0.3) is 11.1 Å². The van der Waals surface area contributed by atoms with E-state index in [0.717, 1.165) is 16.3 Å². The Bertz CT molecular complexity index is 736. The van der Waals surface area contributed by atoms with E-state index in [1.54, 1.807) is 0 Å². The molecule has 0 saturated heterocycles. The van der Waals surface area contributed by atoms with Crippen molar-refractivity contribution in [2.45, 2.75) is 0 Å². The molecule has 1 amide bonds. The molecule has 8 heteroatoms. The van der Waals surface area contributed by atoms with Gasteiger partial charge in [-0.3, -0.25) is 4.79 Å². The minimum absolute atomic E-state index is 0.378. The Kier molecular flexibility index (Phi) is 7.58. The number of halogens is 6. The summed E-state index contributed by atoms with van der Waals surface area (Å²) in [5.74, 6) is -0.378. The van der Waals surface area contributed by atoms with Crippen LogP contribution in [0, 0.1) is 21.4 Å². The maximum absolute atomic E-state index is 11.8. The summed E-state index contributed by atoms with van der Waals surface area (Å²) in [5.41, 5.74) is 8.43. The van der Waals surface area contributed by atoms with Crippen molar-refractivity contribution < 1.29 is 4.79 Å². The summed E-state index contributed by atoms with van der Waals surface area (Å²) in [5, 5.41) is 0. The third kappa shape index (κ3) is 4.28. The molecule has 0 heterocycles. The molecule has 110 valence electrons. The zero-order valence-electron chi connectivity index (χ0n) is 9.99. The second-order valence-electron chi connectivity index (χ2n) is 4.01. The van der Waals surface area contributed by atoms with Gasteiger partial charge in [-0.25, -0.2) is 0 Å². The highest BCUT2D eigenvalue weighted by atomic mass is 127. The highest BCUT2D eigenvalue weighted by Gasteiger charge is 2.22. The molecule has 0 saturated carbocycles. The number of amides is 1. The summed E-state index contributed by atoms with van der Waals surface area (Å²) in [6.07, 6.45) is 0. The Balaban J connectivity index is 2.88. The molecule has 2 nitrogen and oxygen atoms in total. The van der Waals surface area contributed by atoms with Crippen LogP contribution in [-0.2, 0) is 0 Å². The Hall–Kier alpha value is 2.29. The van der Waals surface area contributed by atoms with Crippen molar-refractivity contribution in [3.8, 4) is 11.1 Å². The number of carbonyl (C=O) groups excluding carboxylic acids is 1. The van der Waals surface area contributed by atoms with Crippen LogP contribution < -0.4 is 5.73 Å². The fourth-order valence-electron chi connectivity index (χ4n) is 1.83. The van der Waals surface area contributed by atoms with Gasteiger partial charge in [0.15, 0.2) is 0 Å². The first-order chi connectivity index (χ1) is 9.73. The van der Waals surface area contributed by atoms with Crippen LogP contribution in [0.5, 0.6) is 0 Å². The summed E-state index contributed by atoms with van der Waals surface area (Å²) in [6.45, 7) is 0. The number of primary amides is 1. The monoisotopic (exact) mass is 952 g/mol. The van der Waals surface area contributed by atoms with E-state index in [4.69, 9.17) is 5.73 Å². The Labute approximate surface area is 204 Å². The lowest BCUT2D eigenvalue weighted by atomic mass is 10.0. The van der Waals surface area contributed by atoms with Crippen molar-refractivity contribution in [2.24, 2.45) is 5.73 Å². The smallest absolute Gasteiger partial charge is 0.250 e. The van der Waals surface area contributed by atoms with Crippen LogP contribution in [0.1, 0.15) is 10.4 Å². The first-order valence-corrected chi connectivity index (χ1v) is 11.8. The predicted molar refractivity (Wildman–Crippen MR) is 137 cm³/mol. The van der Waals surface area contributed by atoms with Crippen LogP contribution in [0.15, 0.2) is 18.2 Å². The second-order valence-corrected chi connectivity index (χ2v) is 11.0. The van der Waals surface area contributed by atoms with Gasteiger partial charge >= 0.3 is 0 Å². The lowest BCUT2D eigenvalue weighted by molar-refractivity contribution is 0.0998. The van der Waals surface area contributed by atoms with E-state index in [1.165, 1.54) is 16.3 Å². The number of rotatable bonds is 2. The van der Waals surface area contributed by atoms with Gasteiger partial charge in [0.1, 0.15) is 0 Å². The SMILES string of the molecule is NC(=O)c1c(I)cc(I)c(-c2c(I)cc(I)cc2I)c1I. The molecule has 0 aliphatic carbocycles. The summed E-state index contributed by atoms with van der Waals surface area (Å²) in [6, 6.07) is 6.31. The van der Waals surface area contributed by atoms with E-state index in [0.29, 0.717) is 5.56 Å². The van der Waals surface area contributed by atoms with E-state index < -0.39 is 0 Å². The lowest BCUT2D eigenvalue weighted by Gasteiger charge is -2.16. The molecular formula is C13H5I6NO. The van der Waals surface area contributed by atoms with Crippen LogP contribution in [0.3, 0.4) is 0 Å². The molecule has 0 unspecified atom stereocenters. The number of nitrogens with two attached hydrogens (primary N) is 1. The van der Waals surface area contributed by atoms with E-state index in [2.05, 4.69) is 148 Å². The van der Waals surface area contributed by atoms with Crippen molar-refractivity contribution in [1.29, 1.82) is 0 Å². The number of hydrogen-bond donors (Lipinski definition) is 1. The Morgan fingerprint density at radius 2 is 1.24 bits per heavy atom. The van der Waals surface area contributed by atoms with Gasteiger partial charge in [-0.05, 0) is 154 Å². The Morgan fingerprint density at radius 3 is 1.71 bits per heavy atom. The number of carbonyl (C=O) groups is 1.